The maximum Gasteiger partial charge on any atom is 0.419 e. The van der Waals surface area contributed by atoms with Crippen LogP contribution in [0.15, 0.2) is 36.4 Å². The lowest BCUT2D eigenvalue weighted by atomic mass is 9.76. The smallest absolute Gasteiger partial charge is 0.206 e. The largest absolute Gasteiger partial charge is 0.419 e. The van der Waals surface area contributed by atoms with Crippen molar-refractivity contribution in [3.05, 3.63) is 70.0 Å². The Morgan fingerprint density at radius 2 is 1.39 bits per heavy atom. The molecule has 0 aromatic heterocycles. The molecule has 1 saturated carbocycles. The van der Waals surface area contributed by atoms with Crippen molar-refractivity contribution in [1.29, 1.82) is 0 Å². The van der Waals surface area contributed by atoms with E-state index in [9.17, 15) is 13.2 Å². The monoisotopic (exact) mass is 462 g/mol. The van der Waals surface area contributed by atoms with E-state index in [1.807, 2.05) is 12.1 Å². The van der Waals surface area contributed by atoms with Gasteiger partial charge in [-0.25, -0.2) is 4.39 Å². The average molecular weight is 463 g/mol. The summed E-state index contributed by atoms with van der Waals surface area (Å²) in [5.41, 5.74) is 1.52. The Kier molecular flexibility index (Phi) is 9.40. The summed E-state index contributed by atoms with van der Waals surface area (Å²) in [5, 5.41) is 0. The zero-order valence-electron chi connectivity index (χ0n) is 20.1. The Morgan fingerprint density at radius 1 is 0.758 bits per heavy atom. The quantitative estimate of drug-likeness (QED) is 0.244. The number of unbranched alkanes of at least 4 members (excludes halogenated alkanes) is 2. The van der Waals surface area contributed by atoms with E-state index < -0.39 is 17.6 Å². The fourth-order valence-corrected chi connectivity index (χ4v) is 5.36. The molecule has 1 aliphatic rings. The van der Waals surface area contributed by atoms with Crippen LogP contribution in [-0.4, -0.2) is 0 Å². The molecule has 0 aliphatic heterocycles. The van der Waals surface area contributed by atoms with Crippen LogP contribution < -0.4 is 0 Å². The van der Waals surface area contributed by atoms with Gasteiger partial charge in [-0.15, -0.1) is 0 Å². The maximum absolute atomic E-state index is 15.3. The molecule has 33 heavy (non-hydrogen) atoms. The molecule has 0 amide bonds. The van der Waals surface area contributed by atoms with Crippen LogP contribution in [0.5, 0.6) is 0 Å². The summed E-state index contributed by atoms with van der Waals surface area (Å²) in [6.07, 6.45) is 6.33. The third-order valence-electron chi connectivity index (χ3n) is 7.30. The molecule has 0 saturated heterocycles. The van der Waals surface area contributed by atoms with Crippen molar-refractivity contribution >= 4 is 0 Å². The molecule has 2 aromatic rings. The molecule has 182 valence electrons. The molecule has 0 bridgehead atoms. The molecular formula is C29H38F4. The van der Waals surface area contributed by atoms with Gasteiger partial charge in [0.25, 0.3) is 0 Å². The van der Waals surface area contributed by atoms with Gasteiger partial charge in [-0.3, -0.25) is 0 Å². The van der Waals surface area contributed by atoms with Crippen molar-refractivity contribution in [2.24, 2.45) is 5.92 Å². The molecule has 0 heterocycles. The van der Waals surface area contributed by atoms with Crippen LogP contribution in [0.3, 0.4) is 0 Å². The highest BCUT2D eigenvalue weighted by Gasteiger charge is 2.39. The van der Waals surface area contributed by atoms with Crippen LogP contribution >= 0.6 is 0 Å². The van der Waals surface area contributed by atoms with E-state index >= 15 is 4.39 Å². The molecule has 0 radical (unpaired) electrons. The minimum Gasteiger partial charge on any atom is -0.206 e. The number of aryl methyl sites for hydroxylation is 3. The molecule has 1 aliphatic carbocycles. The summed E-state index contributed by atoms with van der Waals surface area (Å²) in [6, 6.07) is 11.3. The minimum absolute atomic E-state index is 0.0652. The van der Waals surface area contributed by atoms with Crippen LogP contribution in [0.2, 0.25) is 0 Å². The number of benzene rings is 2. The van der Waals surface area contributed by atoms with E-state index in [-0.39, 0.29) is 23.5 Å². The fourth-order valence-electron chi connectivity index (χ4n) is 5.36. The lowest BCUT2D eigenvalue weighted by Crippen LogP contribution is -2.18. The Hall–Kier alpha value is -1.84. The SMILES string of the molecule is CCCCCc1ccc(CCc2ccc(C3CCC(CCC)CC3)c(F)c2C(F)(F)F)cc1. The first-order chi connectivity index (χ1) is 15.8. The second kappa shape index (κ2) is 12.0. The molecule has 0 spiro atoms. The van der Waals surface area contributed by atoms with E-state index in [2.05, 4.69) is 26.0 Å². The number of halogens is 4. The van der Waals surface area contributed by atoms with Crippen molar-refractivity contribution in [1.82, 2.24) is 0 Å². The van der Waals surface area contributed by atoms with Gasteiger partial charge >= 0.3 is 6.18 Å². The van der Waals surface area contributed by atoms with Crippen molar-refractivity contribution in [3.63, 3.8) is 0 Å². The molecule has 2 aromatic carbocycles. The lowest BCUT2D eigenvalue weighted by Gasteiger charge is -2.29. The summed E-state index contributed by atoms with van der Waals surface area (Å²) < 4.78 is 57.0. The van der Waals surface area contributed by atoms with Gasteiger partial charge in [0.1, 0.15) is 5.82 Å². The van der Waals surface area contributed by atoms with Gasteiger partial charge in [0.15, 0.2) is 0 Å². The van der Waals surface area contributed by atoms with Gasteiger partial charge in [0, 0.05) is 0 Å². The lowest BCUT2D eigenvalue weighted by molar-refractivity contribution is -0.140. The first kappa shape index (κ1) is 25.8. The van der Waals surface area contributed by atoms with Crippen molar-refractivity contribution in [3.8, 4) is 0 Å². The summed E-state index contributed by atoms with van der Waals surface area (Å²) in [4.78, 5) is 0. The highest BCUT2D eigenvalue weighted by atomic mass is 19.4. The third-order valence-corrected chi connectivity index (χ3v) is 7.30. The third kappa shape index (κ3) is 7.07. The van der Waals surface area contributed by atoms with Crippen molar-refractivity contribution in [2.45, 2.75) is 103 Å². The topological polar surface area (TPSA) is 0 Å². The van der Waals surface area contributed by atoms with E-state index in [0.29, 0.717) is 12.3 Å². The van der Waals surface area contributed by atoms with Crippen LogP contribution in [0.25, 0.3) is 0 Å². The Balaban J connectivity index is 1.71. The second-order valence-corrected chi connectivity index (χ2v) is 9.78. The second-order valence-electron chi connectivity index (χ2n) is 9.78. The first-order valence-electron chi connectivity index (χ1n) is 12.8. The predicted octanol–water partition coefficient (Wildman–Crippen LogP) is 9.44. The van der Waals surface area contributed by atoms with E-state index in [4.69, 9.17) is 0 Å². The van der Waals surface area contributed by atoms with E-state index in [1.165, 1.54) is 24.5 Å². The Morgan fingerprint density at radius 3 is 1.97 bits per heavy atom. The summed E-state index contributed by atoms with van der Waals surface area (Å²) >= 11 is 0. The Bertz CT molecular complexity index is 858. The van der Waals surface area contributed by atoms with Crippen LogP contribution in [0.1, 0.15) is 105 Å². The molecule has 0 N–H and O–H groups in total. The zero-order valence-corrected chi connectivity index (χ0v) is 20.1. The highest BCUT2D eigenvalue weighted by molar-refractivity contribution is 5.39. The predicted molar refractivity (Wildman–Crippen MR) is 128 cm³/mol. The van der Waals surface area contributed by atoms with Crippen molar-refractivity contribution in [2.75, 3.05) is 0 Å². The molecule has 0 atom stereocenters. The number of rotatable bonds is 10. The molecule has 0 unspecified atom stereocenters. The maximum atomic E-state index is 15.3. The number of alkyl halides is 3. The van der Waals surface area contributed by atoms with Gasteiger partial charge in [-0.1, -0.05) is 75.9 Å². The molecule has 4 heteroatoms. The van der Waals surface area contributed by atoms with Crippen molar-refractivity contribution < 1.29 is 17.6 Å². The normalized spacial score (nSPS) is 19.1. The summed E-state index contributed by atoms with van der Waals surface area (Å²) in [7, 11) is 0. The summed E-state index contributed by atoms with van der Waals surface area (Å²) in [6.45, 7) is 4.33. The zero-order chi connectivity index (χ0) is 23.8. The van der Waals surface area contributed by atoms with Crippen LogP contribution in [-0.2, 0) is 25.4 Å². The van der Waals surface area contributed by atoms with Gasteiger partial charge in [0.2, 0.25) is 0 Å². The highest BCUT2D eigenvalue weighted by Crippen LogP contribution is 2.42. The van der Waals surface area contributed by atoms with Gasteiger partial charge in [0.05, 0.1) is 5.56 Å². The Labute approximate surface area is 196 Å². The van der Waals surface area contributed by atoms with Crippen LogP contribution in [0.4, 0.5) is 17.6 Å². The van der Waals surface area contributed by atoms with Crippen LogP contribution in [0, 0.1) is 11.7 Å². The molecule has 3 rings (SSSR count). The summed E-state index contributed by atoms with van der Waals surface area (Å²) in [5.74, 6) is -0.507. The number of hydrogen-bond acceptors (Lipinski definition) is 0. The van der Waals surface area contributed by atoms with Gasteiger partial charge in [-0.2, -0.15) is 13.2 Å². The first-order valence-corrected chi connectivity index (χ1v) is 12.8. The van der Waals surface area contributed by atoms with E-state index in [0.717, 1.165) is 56.9 Å². The molecule has 0 nitrogen and oxygen atoms in total. The van der Waals surface area contributed by atoms with E-state index in [1.54, 1.807) is 6.07 Å². The van der Waals surface area contributed by atoms with Gasteiger partial charge < -0.3 is 0 Å². The van der Waals surface area contributed by atoms with Gasteiger partial charge in [-0.05, 0) is 85.5 Å². The molecule has 1 fully saturated rings. The minimum atomic E-state index is -4.68. The molecular weight excluding hydrogens is 424 g/mol. The number of hydrogen-bond donors (Lipinski definition) is 0. The average Bonchev–Trinajstić information content (AvgIpc) is 2.79. The standard InChI is InChI=1S/C29H38F4/c1-3-5-6-8-22-9-11-23(12-10-22)15-18-25-19-20-26(28(30)27(25)29(31,32)33)24-16-13-21(7-4-2)14-17-24/h9-12,19-21,24H,3-8,13-18H2,1-2H3. The fraction of sp³-hybridized carbons (Fsp3) is 0.586.